The SMILES string of the molecule is CCCCCCCCCCCCCCCCCCCCCCN1/C(=C/C=C/C=C/c2cc[n+](CCCC)c3ccccc23)C(C)(C)c2c1ccc1ccccc21.[I-]. The zero-order valence-corrected chi connectivity index (χ0v) is 38.7. The molecule has 0 aliphatic carbocycles. The number of fused-ring (bicyclic) bond motifs is 4. The van der Waals surface area contributed by atoms with Crippen LogP contribution in [0.15, 0.2) is 103 Å². The van der Waals surface area contributed by atoms with Crippen LogP contribution in [0.4, 0.5) is 5.69 Å². The molecule has 0 saturated carbocycles. The molecule has 310 valence electrons. The van der Waals surface area contributed by atoms with Crippen LogP contribution < -0.4 is 33.4 Å². The second kappa shape index (κ2) is 26.2. The van der Waals surface area contributed by atoms with E-state index in [1.807, 2.05) is 0 Å². The molecule has 1 aliphatic heterocycles. The number of pyridine rings is 1. The zero-order chi connectivity index (χ0) is 39.3. The molecule has 0 N–H and O–H groups in total. The summed E-state index contributed by atoms with van der Waals surface area (Å²) in [5, 5.41) is 4.04. The number of nitrogens with zero attached hydrogens (tertiary/aromatic N) is 2. The van der Waals surface area contributed by atoms with Gasteiger partial charge in [0.2, 0.25) is 5.52 Å². The highest BCUT2D eigenvalue weighted by Crippen LogP contribution is 2.50. The number of anilines is 1. The molecule has 0 radical (unpaired) electrons. The predicted molar refractivity (Wildman–Crippen MR) is 248 cm³/mol. The van der Waals surface area contributed by atoms with Crippen LogP contribution >= 0.6 is 0 Å². The van der Waals surface area contributed by atoms with Gasteiger partial charge in [-0.1, -0.05) is 223 Å². The van der Waals surface area contributed by atoms with Crippen molar-refractivity contribution in [1.29, 1.82) is 0 Å². The molecule has 0 bridgehead atoms. The highest BCUT2D eigenvalue weighted by Gasteiger charge is 2.40. The summed E-state index contributed by atoms with van der Waals surface area (Å²) in [6.07, 6.45) is 44.4. The molecule has 5 rings (SSSR count). The summed E-state index contributed by atoms with van der Waals surface area (Å²) in [6, 6.07) is 24.8. The zero-order valence-electron chi connectivity index (χ0n) is 36.6. The van der Waals surface area contributed by atoms with Gasteiger partial charge in [0.1, 0.15) is 6.54 Å². The predicted octanol–water partition coefficient (Wildman–Crippen LogP) is 13.2. The minimum atomic E-state index is -0.0699. The van der Waals surface area contributed by atoms with Gasteiger partial charge in [-0.3, -0.25) is 0 Å². The van der Waals surface area contributed by atoms with E-state index in [1.54, 1.807) is 0 Å². The first-order chi connectivity index (χ1) is 27.6. The van der Waals surface area contributed by atoms with Crippen LogP contribution in [0, 0.1) is 0 Å². The van der Waals surface area contributed by atoms with Gasteiger partial charge in [0.05, 0.1) is 5.39 Å². The van der Waals surface area contributed by atoms with Crippen molar-refractivity contribution in [3.05, 3.63) is 114 Å². The van der Waals surface area contributed by atoms with Gasteiger partial charge >= 0.3 is 0 Å². The van der Waals surface area contributed by atoms with E-state index >= 15 is 0 Å². The molecule has 4 aromatic rings. The summed E-state index contributed by atoms with van der Waals surface area (Å²) in [7, 11) is 0. The average Bonchev–Trinajstić information content (AvgIpc) is 3.44. The lowest BCUT2D eigenvalue weighted by Gasteiger charge is -2.27. The molecule has 0 saturated heterocycles. The van der Waals surface area contributed by atoms with Gasteiger partial charge in [0.25, 0.3) is 0 Å². The van der Waals surface area contributed by atoms with Gasteiger partial charge in [-0.15, -0.1) is 0 Å². The highest BCUT2D eigenvalue weighted by atomic mass is 127. The lowest BCUT2D eigenvalue weighted by atomic mass is 9.81. The topological polar surface area (TPSA) is 7.12 Å². The van der Waals surface area contributed by atoms with Crippen molar-refractivity contribution >= 4 is 33.4 Å². The lowest BCUT2D eigenvalue weighted by Crippen LogP contribution is -3.00. The second-order valence-electron chi connectivity index (χ2n) is 17.3. The molecule has 0 fully saturated rings. The Morgan fingerprint density at radius 3 is 1.70 bits per heavy atom. The quantitative estimate of drug-likeness (QED) is 0.0250. The van der Waals surface area contributed by atoms with Gasteiger partial charge in [-0.25, -0.2) is 0 Å². The van der Waals surface area contributed by atoms with Crippen molar-refractivity contribution in [2.24, 2.45) is 0 Å². The maximum Gasteiger partial charge on any atom is 0.213 e. The second-order valence-corrected chi connectivity index (χ2v) is 17.3. The van der Waals surface area contributed by atoms with Crippen LogP contribution in [-0.2, 0) is 12.0 Å². The van der Waals surface area contributed by atoms with Crippen molar-refractivity contribution in [2.75, 3.05) is 11.4 Å². The van der Waals surface area contributed by atoms with Gasteiger partial charge in [-0.05, 0) is 46.5 Å². The summed E-state index contributed by atoms with van der Waals surface area (Å²) in [5.74, 6) is 0. The number of aryl methyl sites for hydroxylation is 1. The number of unbranched alkanes of at least 4 members (excludes halogenated alkanes) is 20. The maximum atomic E-state index is 2.64. The minimum Gasteiger partial charge on any atom is -1.00 e. The van der Waals surface area contributed by atoms with Crippen molar-refractivity contribution in [3.8, 4) is 0 Å². The molecule has 57 heavy (non-hydrogen) atoms. The van der Waals surface area contributed by atoms with Crippen molar-refractivity contribution < 1.29 is 28.5 Å². The van der Waals surface area contributed by atoms with Crippen LogP contribution in [0.1, 0.15) is 180 Å². The molecule has 1 aromatic heterocycles. The third kappa shape index (κ3) is 14.1. The number of hydrogen-bond donors (Lipinski definition) is 0. The number of aromatic nitrogens is 1. The summed E-state index contributed by atoms with van der Waals surface area (Å²) in [4.78, 5) is 2.64. The number of hydrogen-bond acceptors (Lipinski definition) is 1. The molecule has 0 amide bonds. The fourth-order valence-electron chi connectivity index (χ4n) is 9.15. The number of halogens is 1. The average molecular weight is 881 g/mol. The largest absolute Gasteiger partial charge is 1.00 e. The molecule has 3 aromatic carbocycles. The van der Waals surface area contributed by atoms with Crippen molar-refractivity contribution in [2.45, 2.75) is 181 Å². The maximum absolute atomic E-state index is 2.64. The third-order valence-electron chi connectivity index (χ3n) is 12.5. The third-order valence-corrected chi connectivity index (χ3v) is 12.5. The summed E-state index contributed by atoms with van der Waals surface area (Å²) >= 11 is 0. The van der Waals surface area contributed by atoms with E-state index < -0.39 is 0 Å². The Hall–Kier alpha value is -2.92. The Balaban J connectivity index is 0.00000720. The molecule has 3 heteroatoms. The Kier molecular flexibility index (Phi) is 21.5. The van der Waals surface area contributed by atoms with E-state index in [2.05, 4.69) is 140 Å². The van der Waals surface area contributed by atoms with E-state index in [-0.39, 0.29) is 29.4 Å². The van der Waals surface area contributed by atoms with Crippen LogP contribution in [0.5, 0.6) is 0 Å². The van der Waals surface area contributed by atoms with Gasteiger partial charge < -0.3 is 28.9 Å². The minimum absolute atomic E-state index is 0. The molecular weight excluding hydrogens is 804 g/mol. The van der Waals surface area contributed by atoms with Crippen molar-refractivity contribution in [1.82, 2.24) is 0 Å². The van der Waals surface area contributed by atoms with Crippen LogP contribution in [-0.4, -0.2) is 6.54 Å². The lowest BCUT2D eigenvalue weighted by molar-refractivity contribution is -0.671. The van der Waals surface area contributed by atoms with Crippen LogP contribution in [0.3, 0.4) is 0 Å². The first-order valence-corrected chi connectivity index (χ1v) is 23.3. The van der Waals surface area contributed by atoms with Gasteiger partial charge in [0.15, 0.2) is 6.20 Å². The van der Waals surface area contributed by atoms with Crippen LogP contribution in [0.25, 0.3) is 27.8 Å². The molecule has 2 nitrogen and oxygen atoms in total. The van der Waals surface area contributed by atoms with E-state index in [4.69, 9.17) is 0 Å². The van der Waals surface area contributed by atoms with Crippen LogP contribution in [0.2, 0.25) is 0 Å². The highest BCUT2D eigenvalue weighted by molar-refractivity contribution is 5.95. The number of para-hydroxylation sites is 1. The van der Waals surface area contributed by atoms with Gasteiger partial charge in [0, 0.05) is 41.9 Å². The summed E-state index contributed by atoms with van der Waals surface area (Å²) in [5.41, 5.74) is 6.80. The fraction of sp³-hybridized carbons (Fsp3) is 0.537. The smallest absolute Gasteiger partial charge is 0.213 e. The molecule has 1 aliphatic rings. The Morgan fingerprint density at radius 1 is 0.544 bits per heavy atom. The molecule has 0 unspecified atom stereocenters. The number of allylic oxidation sites excluding steroid dienone is 5. The number of rotatable bonds is 27. The first kappa shape index (κ1) is 46.8. The van der Waals surface area contributed by atoms with E-state index in [9.17, 15) is 0 Å². The van der Waals surface area contributed by atoms with Gasteiger partial charge in [-0.2, -0.15) is 4.57 Å². The van der Waals surface area contributed by atoms with Crippen molar-refractivity contribution in [3.63, 3.8) is 0 Å². The normalized spacial score (nSPS) is 14.5. The van der Waals surface area contributed by atoms with E-state index in [0.717, 1.165) is 13.1 Å². The fourth-order valence-corrected chi connectivity index (χ4v) is 9.15. The Bertz CT molecular complexity index is 1830. The molecule has 2 heterocycles. The standard InChI is InChI=1S/C54H77N2.HI/c1-5-7-9-10-11-12-13-14-15-16-17-18-19-20-21-22-23-24-25-33-44-56-51-41-40-46-35-29-30-37-49(46)53(51)54(3,4)52(56)39-28-26-27-34-47-42-45-55(43-8-6-2)50-38-32-31-36-48(47)50;/h26-32,34-42,45H,5-25,33,43-44H2,1-4H3;1H/q+1;/p-1. The summed E-state index contributed by atoms with van der Waals surface area (Å²) in [6.45, 7) is 11.6. The first-order valence-electron chi connectivity index (χ1n) is 23.3. The molecule has 0 spiro atoms. The number of benzene rings is 3. The molecule has 0 atom stereocenters. The van der Waals surface area contributed by atoms with E-state index in [1.165, 1.54) is 185 Å². The van der Waals surface area contributed by atoms with E-state index in [0.29, 0.717) is 0 Å². The molecular formula is C54H77IN2. The Morgan fingerprint density at radius 2 is 1.09 bits per heavy atom. The summed E-state index contributed by atoms with van der Waals surface area (Å²) < 4.78 is 2.40. The monoisotopic (exact) mass is 881 g/mol. The Labute approximate surface area is 366 Å².